The van der Waals surface area contributed by atoms with Gasteiger partial charge in [-0.3, -0.25) is 9.59 Å². The molecule has 1 aromatic rings. The summed E-state index contributed by atoms with van der Waals surface area (Å²) in [7, 11) is 0. The number of hydrogen-bond acceptors (Lipinski definition) is 3. The summed E-state index contributed by atoms with van der Waals surface area (Å²) in [5.41, 5.74) is 0.189. The molecule has 1 amide bonds. The number of nitrogens with one attached hydrogen (secondary N) is 1. The van der Waals surface area contributed by atoms with Crippen LogP contribution in [0.4, 0.5) is 0 Å². The predicted molar refractivity (Wildman–Crippen MR) is 74.2 cm³/mol. The monoisotopic (exact) mass is 281 g/mol. The first kappa shape index (κ1) is 14.1. The molecule has 0 spiro atoms. The van der Waals surface area contributed by atoms with Gasteiger partial charge in [0.25, 0.3) is 0 Å². The first-order chi connectivity index (χ1) is 8.90. The van der Waals surface area contributed by atoms with Crippen LogP contribution < -0.4 is 5.32 Å². The Morgan fingerprint density at radius 3 is 2.95 bits per heavy atom. The van der Waals surface area contributed by atoms with Crippen molar-refractivity contribution in [2.45, 2.75) is 45.6 Å². The molecule has 104 valence electrons. The van der Waals surface area contributed by atoms with Gasteiger partial charge in [0.05, 0.1) is 11.5 Å². The zero-order valence-corrected chi connectivity index (χ0v) is 12.0. The lowest BCUT2D eigenvalue weighted by Crippen LogP contribution is -2.36. The first-order valence-corrected chi connectivity index (χ1v) is 7.37. The van der Waals surface area contributed by atoms with Crippen molar-refractivity contribution in [2.24, 2.45) is 5.41 Å². The second kappa shape index (κ2) is 5.33. The van der Waals surface area contributed by atoms with Crippen molar-refractivity contribution in [1.82, 2.24) is 5.32 Å². The van der Waals surface area contributed by atoms with Crippen molar-refractivity contribution in [1.29, 1.82) is 0 Å². The summed E-state index contributed by atoms with van der Waals surface area (Å²) in [5.74, 6) is -1.13. The van der Waals surface area contributed by atoms with E-state index in [2.05, 4.69) is 16.8 Å². The highest BCUT2D eigenvalue weighted by molar-refractivity contribution is 7.10. The summed E-state index contributed by atoms with van der Waals surface area (Å²) in [5, 5.41) is 14.1. The molecule has 1 unspecified atom stereocenters. The standard InChI is InChI=1S/C14H19NO3S/c1-14(2,13(17)18)8-12(16)15-10-4-3-5-11-9(10)6-7-19-11/h6-7,10H,3-5,8H2,1-2H3,(H,15,16)(H,17,18). The average Bonchev–Trinajstić information content (AvgIpc) is 2.77. The van der Waals surface area contributed by atoms with Gasteiger partial charge in [0.2, 0.25) is 5.91 Å². The van der Waals surface area contributed by atoms with Gasteiger partial charge in [-0.2, -0.15) is 0 Å². The van der Waals surface area contributed by atoms with Crippen molar-refractivity contribution in [3.8, 4) is 0 Å². The molecule has 2 rings (SSSR count). The van der Waals surface area contributed by atoms with Gasteiger partial charge < -0.3 is 10.4 Å². The molecule has 1 atom stereocenters. The molecule has 1 aliphatic carbocycles. The van der Waals surface area contributed by atoms with Crippen molar-refractivity contribution in [3.05, 3.63) is 21.9 Å². The maximum atomic E-state index is 12.0. The minimum Gasteiger partial charge on any atom is -0.481 e. The summed E-state index contributed by atoms with van der Waals surface area (Å²) in [6.45, 7) is 3.15. The molecule has 0 saturated heterocycles. The van der Waals surface area contributed by atoms with Gasteiger partial charge in [0.1, 0.15) is 0 Å². The maximum Gasteiger partial charge on any atom is 0.309 e. The Morgan fingerprint density at radius 2 is 2.26 bits per heavy atom. The molecule has 0 aliphatic heterocycles. The second-order valence-electron chi connectivity index (χ2n) is 5.68. The number of carbonyl (C=O) groups is 2. The number of thiophene rings is 1. The van der Waals surface area contributed by atoms with E-state index in [1.165, 1.54) is 10.4 Å². The van der Waals surface area contributed by atoms with Crippen LogP contribution in [0.25, 0.3) is 0 Å². The molecule has 0 saturated carbocycles. The van der Waals surface area contributed by atoms with Gasteiger partial charge in [-0.1, -0.05) is 0 Å². The van der Waals surface area contributed by atoms with E-state index in [-0.39, 0.29) is 18.4 Å². The van der Waals surface area contributed by atoms with Crippen LogP contribution >= 0.6 is 11.3 Å². The third-order valence-electron chi connectivity index (χ3n) is 3.57. The number of carboxylic acid groups (broad SMARTS) is 1. The van der Waals surface area contributed by atoms with Gasteiger partial charge in [-0.25, -0.2) is 0 Å². The van der Waals surface area contributed by atoms with Gasteiger partial charge in [0.15, 0.2) is 0 Å². The average molecular weight is 281 g/mol. The van der Waals surface area contributed by atoms with E-state index in [1.807, 2.05) is 0 Å². The Hall–Kier alpha value is -1.36. The van der Waals surface area contributed by atoms with E-state index in [9.17, 15) is 9.59 Å². The molecule has 4 nitrogen and oxygen atoms in total. The lowest BCUT2D eigenvalue weighted by Gasteiger charge is -2.25. The van der Waals surface area contributed by atoms with Crippen LogP contribution in [0.2, 0.25) is 0 Å². The number of fused-ring (bicyclic) bond motifs is 1. The molecule has 5 heteroatoms. The van der Waals surface area contributed by atoms with E-state index >= 15 is 0 Å². The highest BCUT2D eigenvalue weighted by Crippen LogP contribution is 2.33. The van der Waals surface area contributed by atoms with Crippen LogP contribution in [0.1, 0.15) is 49.6 Å². The second-order valence-corrected chi connectivity index (χ2v) is 6.68. The van der Waals surface area contributed by atoms with Crippen molar-refractivity contribution < 1.29 is 14.7 Å². The van der Waals surface area contributed by atoms with Crippen LogP contribution in [0.15, 0.2) is 11.4 Å². The predicted octanol–water partition coefficient (Wildman–Crippen LogP) is 2.74. The smallest absolute Gasteiger partial charge is 0.309 e. The number of amides is 1. The topological polar surface area (TPSA) is 66.4 Å². The van der Waals surface area contributed by atoms with Crippen LogP contribution in [0, 0.1) is 5.41 Å². The Morgan fingerprint density at radius 1 is 1.53 bits per heavy atom. The molecule has 2 N–H and O–H groups in total. The van der Waals surface area contributed by atoms with Gasteiger partial charge >= 0.3 is 5.97 Å². The maximum absolute atomic E-state index is 12.0. The Balaban J connectivity index is 2.00. The van der Waals surface area contributed by atoms with Crippen molar-refractivity contribution in [3.63, 3.8) is 0 Å². The lowest BCUT2D eigenvalue weighted by atomic mass is 9.88. The van der Waals surface area contributed by atoms with E-state index in [4.69, 9.17) is 5.11 Å². The number of aliphatic carboxylic acids is 1. The lowest BCUT2D eigenvalue weighted by molar-refractivity contribution is -0.149. The van der Waals surface area contributed by atoms with E-state index < -0.39 is 11.4 Å². The molecule has 1 aromatic heterocycles. The summed E-state index contributed by atoms with van der Waals surface area (Å²) in [4.78, 5) is 24.4. The Kier molecular flexibility index (Phi) is 3.94. The van der Waals surface area contributed by atoms with E-state index in [1.54, 1.807) is 25.2 Å². The number of carbonyl (C=O) groups excluding carboxylic acids is 1. The first-order valence-electron chi connectivity index (χ1n) is 6.49. The normalized spacial score (nSPS) is 18.7. The highest BCUT2D eigenvalue weighted by Gasteiger charge is 2.31. The molecule has 0 aromatic carbocycles. The van der Waals surface area contributed by atoms with Crippen molar-refractivity contribution >= 4 is 23.2 Å². The van der Waals surface area contributed by atoms with Crippen LogP contribution in [0.3, 0.4) is 0 Å². The third kappa shape index (κ3) is 3.15. The van der Waals surface area contributed by atoms with Crippen LogP contribution in [-0.2, 0) is 16.0 Å². The largest absolute Gasteiger partial charge is 0.481 e. The molecule has 0 fully saturated rings. The quantitative estimate of drug-likeness (QED) is 0.891. The van der Waals surface area contributed by atoms with Gasteiger partial charge in [-0.15, -0.1) is 11.3 Å². The summed E-state index contributed by atoms with van der Waals surface area (Å²) < 4.78 is 0. The molecule has 1 aliphatic rings. The molecular weight excluding hydrogens is 262 g/mol. The molecule has 1 heterocycles. The number of hydrogen-bond donors (Lipinski definition) is 2. The number of carboxylic acids is 1. The van der Waals surface area contributed by atoms with Gasteiger partial charge in [-0.05, 0) is 50.1 Å². The molecule has 0 bridgehead atoms. The SMILES string of the molecule is CC(C)(CC(=O)NC1CCCc2sccc21)C(=O)O. The molecule has 19 heavy (non-hydrogen) atoms. The minimum absolute atomic E-state index is 0.0122. The summed E-state index contributed by atoms with van der Waals surface area (Å²) in [6, 6.07) is 2.11. The fraction of sp³-hybridized carbons (Fsp3) is 0.571. The number of rotatable bonds is 4. The van der Waals surface area contributed by atoms with Crippen LogP contribution in [-0.4, -0.2) is 17.0 Å². The summed E-state index contributed by atoms with van der Waals surface area (Å²) in [6.07, 6.45) is 3.10. The zero-order valence-electron chi connectivity index (χ0n) is 11.2. The molecular formula is C14H19NO3S. The highest BCUT2D eigenvalue weighted by atomic mass is 32.1. The Labute approximate surface area is 116 Å². The molecule has 0 radical (unpaired) electrons. The Bertz CT molecular complexity index is 493. The zero-order chi connectivity index (χ0) is 14.0. The number of aryl methyl sites for hydroxylation is 1. The van der Waals surface area contributed by atoms with E-state index in [0.717, 1.165) is 19.3 Å². The van der Waals surface area contributed by atoms with Gasteiger partial charge in [0, 0.05) is 11.3 Å². The van der Waals surface area contributed by atoms with Crippen molar-refractivity contribution in [2.75, 3.05) is 0 Å². The fourth-order valence-corrected chi connectivity index (χ4v) is 3.35. The fourth-order valence-electron chi connectivity index (χ4n) is 2.36. The summed E-state index contributed by atoms with van der Waals surface area (Å²) >= 11 is 1.73. The third-order valence-corrected chi connectivity index (χ3v) is 4.57. The minimum atomic E-state index is -1.02. The van der Waals surface area contributed by atoms with Crippen LogP contribution in [0.5, 0.6) is 0 Å². The van der Waals surface area contributed by atoms with E-state index in [0.29, 0.717) is 0 Å².